The summed E-state index contributed by atoms with van der Waals surface area (Å²) >= 11 is 3.35. The van der Waals surface area contributed by atoms with E-state index in [1.165, 1.54) is 0 Å². The van der Waals surface area contributed by atoms with Crippen LogP contribution < -0.4 is 5.73 Å². The molecule has 1 heterocycles. The van der Waals surface area contributed by atoms with Crippen LogP contribution in [0.1, 0.15) is 5.56 Å². The predicted molar refractivity (Wildman–Crippen MR) is 60.4 cm³/mol. The second kappa shape index (κ2) is 3.75. The predicted octanol–water partition coefficient (Wildman–Crippen LogP) is 2.09. The van der Waals surface area contributed by atoms with Crippen molar-refractivity contribution in [3.8, 4) is 11.8 Å². The molecule has 0 atom stereocenters. The third kappa shape index (κ3) is 1.85. The Hall–Kier alpha value is -1.80. The standard InChI is InChI=1S/C10H7BrN4/c11-8-2-1-7(4-12)10(3-8)15-6-9(13)5-14-15/h1-3,5-6H,13H2. The summed E-state index contributed by atoms with van der Waals surface area (Å²) in [4.78, 5) is 0. The van der Waals surface area contributed by atoms with Crippen molar-refractivity contribution in [2.45, 2.75) is 0 Å². The highest BCUT2D eigenvalue weighted by Crippen LogP contribution is 2.20. The SMILES string of the molecule is N#Cc1ccc(Br)cc1-n1cc(N)cn1. The van der Waals surface area contributed by atoms with Crippen molar-refractivity contribution in [3.05, 3.63) is 40.6 Å². The molecule has 0 spiro atoms. The lowest BCUT2D eigenvalue weighted by Crippen LogP contribution is -1.97. The van der Waals surface area contributed by atoms with Crippen molar-refractivity contribution < 1.29 is 0 Å². The molecule has 2 rings (SSSR count). The van der Waals surface area contributed by atoms with E-state index in [1.54, 1.807) is 23.1 Å². The van der Waals surface area contributed by atoms with Crippen molar-refractivity contribution in [2.75, 3.05) is 5.73 Å². The molecule has 0 saturated heterocycles. The lowest BCUT2D eigenvalue weighted by molar-refractivity contribution is 0.877. The van der Waals surface area contributed by atoms with Gasteiger partial charge in [-0.25, -0.2) is 4.68 Å². The molecule has 1 aromatic carbocycles. The molecule has 0 aliphatic rings. The van der Waals surface area contributed by atoms with Gasteiger partial charge in [0.2, 0.25) is 0 Å². The molecule has 0 saturated carbocycles. The minimum atomic E-state index is 0.557. The highest BCUT2D eigenvalue weighted by atomic mass is 79.9. The molecular weight excluding hydrogens is 256 g/mol. The molecule has 5 heteroatoms. The number of anilines is 1. The number of halogens is 1. The number of nitriles is 1. The first kappa shape index (κ1) is 9.74. The lowest BCUT2D eigenvalue weighted by Gasteiger charge is -2.03. The fourth-order valence-electron chi connectivity index (χ4n) is 1.26. The molecule has 1 aromatic heterocycles. The largest absolute Gasteiger partial charge is 0.396 e. The van der Waals surface area contributed by atoms with Crippen molar-refractivity contribution in [1.29, 1.82) is 5.26 Å². The van der Waals surface area contributed by atoms with Crippen LogP contribution in [-0.2, 0) is 0 Å². The Morgan fingerprint density at radius 2 is 2.27 bits per heavy atom. The molecule has 74 valence electrons. The minimum Gasteiger partial charge on any atom is -0.396 e. The summed E-state index contributed by atoms with van der Waals surface area (Å²) < 4.78 is 2.48. The first-order valence-corrected chi connectivity index (χ1v) is 5.00. The van der Waals surface area contributed by atoms with Gasteiger partial charge in [-0.1, -0.05) is 15.9 Å². The molecular formula is C10H7BrN4. The van der Waals surface area contributed by atoms with Gasteiger partial charge in [0.25, 0.3) is 0 Å². The lowest BCUT2D eigenvalue weighted by atomic mass is 10.2. The maximum atomic E-state index is 8.94. The van der Waals surface area contributed by atoms with Crippen LogP contribution in [0.15, 0.2) is 35.1 Å². The van der Waals surface area contributed by atoms with E-state index in [0.717, 1.165) is 4.47 Å². The van der Waals surface area contributed by atoms with Crippen molar-refractivity contribution in [2.24, 2.45) is 0 Å². The number of nitrogen functional groups attached to an aromatic ring is 1. The fourth-order valence-corrected chi connectivity index (χ4v) is 1.61. The van der Waals surface area contributed by atoms with E-state index < -0.39 is 0 Å². The summed E-state index contributed by atoms with van der Waals surface area (Å²) in [6.45, 7) is 0. The average Bonchev–Trinajstić information content (AvgIpc) is 2.65. The van der Waals surface area contributed by atoms with E-state index >= 15 is 0 Å². The van der Waals surface area contributed by atoms with E-state index in [1.807, 2.05) is 12.1 Å². The Kier molecular flexibility index (Phi) is 2.44. The second-order valence-corrected chi connectivity index (χ2v) is 3.91. The third-order valence-corrected chi connectivity index (χ3v) is 2.42. The van der Waals surface area contributed by atoms with E-state index in [-0.39, 0.29) is 0 Å². The minimum absolute atomic E-state index is 0.557. The van der Waals surface area contributed by atoms with Gasteiger partial charge in [0.15, 0.2) is 0 Å². The van der Waals surface area contributed by atoms with Crippen molar-refractivity contribution in [3.63, 3.8) is 0 Å². The van der Waals surface area contributed by atoms with Crippen molar-refractivity contribution >= 4 is 21.6 Å². The number of nitrogens with two attached hydrogens (primary N) is 1. The molecule has 2 N–H and O–H groups in total. The normalized spacial score (nSPS) is 9.87. The summed E-state index contributed by atoms with van der Waals surface area (Å²) in [6, 6.07) is 7.48. The van der Waals surface area contributed by atoms with Crippen LogP contribution in [0, 0.1) is 11.3 Å². The van der Waals surface area contributed by atoms with E-state index in [0.29, 0.717) is 16.9 Å². The van der Waals surface area contributed by atoms with Crippen LogP contribution in [0.5, 0.6) is 0 Å². The summed E-state index contributed by atoms with van der Waals surface area (Å²) in [7, 11) is 0. The quantitative estimate of drug-likeness (QED) is 0.856. The first-order chi connectivity index (χ1) is 7.20. The summed E-state index contributed by atoms with van der Waals surface area (Å²) in [6.07, 6.45) is 3.21. The second-order valence-electron chi connectivity index (χ2n) is 2.99. The van der Waals surface area contributed by atoms with E-state index in [2.05, 4.69) is 27.1 Å². The number of hydrogen-bond acceptors (Lipinski definition) is 3. The van der Waals surface area contributed by atoms with Gasteiger partial charge in [-0.05, 0) is 18.2 Å². The number of nitrogens with zero attached hydrogens (tertiary/aromatic N) is 3. The number of rotatable bonds is 1. The third-order valence-electron chi connectivity index (χ3n) is 1.93. The van der Waals surface area contributed by atoms with Gasteiger partial charge >= 0.3 is 0 Å². The maximum absolute atomic E-state index is 8.94. The Morgan fingerprint density at radius 3 is 2.87 bits per heavy atom. The monoisotopic (exact) mass is 262 g/mol. The van der Waals surface area contributed by atoms with Gasteiger partial charge < -0.3 is 5.73 Å². The summed E-state index contributed by atoms with van der Waals surface area (Å²) in [5.74, 6) is 0. The Labute approximate surface area is 95.1 Å². The van der Waals surface area contributed by atoms with Crippen LogP contribution in [0.4, 0.5) is 5.69 Å². The number of hydrogen-bond donors (Lipinski definition) is 1. The first-order valence-electron chi connectivity index (χ1n) is 4.21. The molecule has 4 nitrogen and oxygen atoms in total. The Balaban J connectivity index is 2.61. The van der Waals surface area contributed by atoms with Crippen LogP contribution in [-0.4, -0.2) is 9.78 Å². The van der Waals surface area contributed by atoms with Crippen LogP contribution in [0.3, 0.4) is 0 Å². The van der Waals surface area contributed by atoms with Crippen LogP contribution in [0.25, 0.3) is 5.69 Å². The van der Waals surface area contributed by atoms with Crippen LogP contribution >= 0.6 is 15.9 Å². The zero-order chi connectivity index (χ0) is 10.8. The fraction of sp³-hybridized carbons (Fsp3) is 0. The van der Waals surface area contributed by atoms with Gasteiger partial charge in [-0.3, -0.25) is 0 Å². The number of benzene rings is 1. The highest BCUT2D eigenvalue weighted by Gasteiger charge is 2.05. The molecule has 15 heavy (non-hydrogen) atoms. The highest BCUT2D eigenvalue weighted by molar-refractivity contribution is 9.10. The van der Waals surface area contributed by atoms with E-state index in [4.69, 9.17) is 11.0 Å². The molecule has 2 aromatic rings. The Bertz CT molecular complexity index is 539. The Morgan fingerprint density at radius 1 is 1.47 bits per heavy atom. The maximum Gasteiger partial charge on any atom is 0.101 e. The van der Waals surface area contributed by atoms with Gasteiger partial charge in [0.05, 0.1) is 29.3 Å². The zero-order valence-electron chi connectivity index (χ0n) is 7.68. The topological polar surface area (TPSA) is 67.6 Å². The molecule has 0 unspecified atom stereocenters. The van der Waals surface area contributed by atoms with Crippen LogP contribution in [0.2, 0.25) is 0 Å². The molecule has 0 aliphatic carbocycles. The zero-order valence-corrected chi connectivity index (χ0v) is 9.27. The summed E-state index contributed by atoms with van der Waals surface area (Å²) in [5, 5.41) is 13.0. The number of aromatic nitrogens is 2. The average molecular weight is 263 g/mol. The smallest absolute Gasteiger partial charge is 0.101 e. The van der Waals surface area contributed by atoms with Gasteiger partial charge in [0, 0.05) is 4.47 Å². The van der Waals surface area contributed by atoms with Gasteiger partial charge in [0.1, 0.15) is 6.07 Å². The van der Waals surface area contributed by atoms with Crippen molar-refractivity contribution in [1.82, 2.24) is 9.78 Å². The van der Waals surface area contributed by atoms with Gasteiger partial charge in [-0.15, -0.1) is 0 Å². The molecule has 0 bridgehead atoms. The molecule has 0 radical (unpaired) electrons. The summed E-state index contributed by atoms with van der Waals surface area (Å²) in [5.41, 5.74) is 7.40. The van der Waals surface area contributed by atoms with E-state index in [9.17, 15) is 0 Å². The molecule has 0 fully saturated rings. The molecule has 0 amide bonds. The van der Waals surface area contributed by atoms with Gasteiger partial charge in [-0.2, -0.15) is 10.4 Å². The molecule has 0 aliphatic heterocycles.